The van der Waals surface area contributed by atoms with Crippen molar-refractivity contribution in [2.75, 3.05) is 5.32 Å². The first kappa shape index (κ1) is 19.5. The van der Waals surface area contributed by atoms with Crippen molar-refractivity contribution >= 4 is 51.9 Å². The van der Waals surface area contributed by atoms with E-state index < -0.39 is 0 Å². The Morgan fingerprint density at radius 3 is 2.74 bits per heavy atom. The molecule has 27 heavy (non-hydrogen) atoms. The smallest absolute Gasteiger partial charge is 0.253 e. The topological polar surface area (TPSA) is 82.7 Å². The molecule has 0 radical (unpaired) electrons. The van der Waals surface area contributed by atoms with E-state index in [2.05, 4.69) is 32.5 Å². The van der Waals surface area contributed by atoms with E-state index >= 15 is 0 Å². The number of unbranched alkanes of at least 4 members (excludes halogenated alkanes) is 1. The van der Waals surface area contributed by atoms with Crippen LogP contribution in [-0.2, 0) is 0 Å². The highest BCUT2D eigenvalue weighted by Crippen LogP contribution is 2.32. The van der Waals surface area contributed by atoms with Crippen LogP contribution in [0.2, 0.25) is 10.0 Å². The number of benzene rings is 1. The summed E-state index contributed by atoms with van der Waals surface area (Å²) < 4.78 is 0. The number of pyridine rings is 1. The van der Waals surface area contributed by atoms with Gasteiger partial charge in [0.15, 0.2) is 5.65 Å². The van der Waals surface area contributed by atoms with Crippen molar-refractivity contribution in [3.8, 4) is 0 Å². The molecule has 0 fully saturated rings. The van der Waals surface area contributed by atoms with E-state index in [-0.39, 0.29) is 11.9 Å². The van der Waals surface area contributed by atoms with Crippen LogP contribution in [0.4, 0.5) is 11.6 Å². The van der Waals surface area contributed by atoms with E-state index in [9.17, 15) is 4.79 Å². The third-order valence-corrected chi connectivity index (χ3v) is 4.80. The maximum atomic E-state index is 12.4. The van der Waals surface area contributed by atoms with E-state index in [0.717, 1.165) is 19.3 Å². The molecule has 1 amide bonds. The molecule has 8 heteroatoms. The molecule has 2 aromatic heterocycles. The number of carbonyl (C=O) groups is 1. The van der Waals surface area contributed by atoms with Gasteiger partial charge in [-0.05, 0) is 31.5 Å². The van der Waals surface area contributed by atoms with Crippen LogP contribution in [0.25, 0.3) is 11.2 Å². The summed E-state index contributed by atoms with van der Waals surface area (Å²) in [5, 5.41) is 7.02. The molecule has 0 spiro atoms. The molecule has 142 valence electrons. The highest BCUT2D eigenvalue weighted by atomic mass is 35.5. The summed E-state index contributed by atoms with van der Waals surface area (Å²) in [5.41, 5.74) is 2.17. The summed E-state index contributed by atoms with van der Waals surface area (Å²) in [4.78, 5) is 24.2. The number of para-hydroxylation sites is 1. The Kier molecular flexibility index (Phi) is 6.19. The van der Waals surface area contributed by atoms with Gasteiger partial charge in [-0.25, -0.2) is 9.97 Å². The minimum Gasteiger partial charge on any atom is -0.350 e. The molecule has 1 atom stereocenters. The van der Waals surface area contributed by atoms with Crippen molar-refractivity contribution in [3.05, 3.63) is 46.1 Å². The van der Waals surface area contributed by atoms with Crippen LogP contribution in [-0.4, -0.2) is 26.9 Å². The molecule has 3 aromatic rings. The van der Waals surface area contributed by atoms with Gasteiger partial charge in [-0.15, -0.1) is 0 Å². The van der Waals surface area contributed by atoms with Gasteiger partial charge < -0.3 is 15.6 Å². The Balaban J connectivity index is 1.78. The van der Waals surface area contributed by atoms with E-state index in [4.69, 9.17) is 23.2 Å². The predicted octanol–water partition coefficient (Wildman–Crippen LogP) is 5.32. The Morgan fingerprint density at radius 2 is 2.04 bits per heavy atom. The number of aromatic amines is 1. The van der Waals surface area contributed by atoms with E-state index in [1.807, 2.05) is 6.92 Å². The van der Waals surface area contributed by atoms with Gasteiger partial charge in [-0.1, -0.05) is 49.0 Å². The van der Waals surface area contributed by atoms with Crippen molar-refractivity contribution in [1.29, 1.82) is 0 Å². The van der Waals surface area contributed by atoms with Crippen molar-refractivity contribution in [2.24, 2.45) is 0 Å². The van der Waals surface area contributed by atoms with Gasteiger partial charge in [-0.2, -0.15) is 0 Å². The first-order valence-corrected chi connectivity index (χ1v) is 9.61. The average molecular weight is 406 g/mol. The third kappa shape index (κ3) is 4.70. The molecule has 0 saturated heterocycles. The number of H-pyrrole nitrogens is 1. The summed E-state index contributed by atoms with van der Waals surface area (Å²) >= 11 is 12.3. The largest absolute Gasteiger partial charge is 0.350 e. The van der Waals surface area contributed by atoms with Gasteiger partial charge in [0, 0.05) is 12.2 Å². The van der Waals surface area contributed by atoms with Crippen LogP contribution >= 0.6 is 23.2 Å². The first-order valence-electron chi connectivity index (χ1n) is 8.85. The molecule has 0 unspecified atom stereocenters. The fourth-order valence-corrected chi connectivity index (χ4v) is 3.20. The van der Waals surface area contributed by atoms with Crippen LogP contribution in [0.3, 0.4) is 0 Å². The Labute approximate surface area is 167 Å². The van der Waals surface area contributed by atoms with Gasteiger partial charge >= 0.3 is 0 Å². The zero-order valence-electron chi connectivity index (χ0n) is 15.1. The second-order valence-electron chi connectivity index (χ2n) is 6.42. The molecule has 3 N–H and O–H groups in total. The lowest BCUT2D eigenvalue weighted by atomic mass is 10.1. The number of nitrogens with one attached hydrogen (secondary N) is 3. The van der Waals surface area contributed by atoms with Crippen molar-refractivity contribution < 1.29 is 4.79 Å². The Hall–Kier alpha value is -2.31. The summed E-state index contributed by atoms with van der Waals surface area (Å²) in [6, 6.07) is 7.06. The number of fused-ring (bicyclic) bond motifs is 1. The van der Waals surface area contributed by atoms with Crippen molar-refractivity contribution in [2.45, 2.75) is 39.2 Å². The zero-order chi connectivity index (χ0) is 19.4. The third-order valence-electron chi connectivity index (χ3n) is 4.17. The Bertz CT molecular complexity index is 936. The molecular formula is C19H21Cl2N5O. The number of hydrogen-bond acceptors (Lipinski definition) is 4. The highest BCUT2D eigenvalue weighted by molar-refractivity contribution is 6.39. The SMILES string of the molecule is CCCC[C@@H](C)NC(=O)c1cnc2[nH]c(Nc3c(Cl)cccc3Cl)nc2c1. The van der Waals surface area contributed by atoms with Crippen LogP contribution < -0.4 is 10.6 Å². The van der Waals surface area contributed by atoms with Gasteiger partial charge in [-0.3, -0.25) is 4.79 Å². The molecule has 1 aromatic carbocycles. The lowest BCUT2D eigenvalue weighted by Crippen LogP contribution is -2.32. The minimum absolute atomic E-state index is 0.118. The van der Waals surface area contributed by atoms with Crippen LogP contribution in [0.15, 0.2) is 30.5 Å². The predicted molar refractivity (Wildman–Crippen MR) is 110 cm³/mol. The number of carbonyl (C=O) groups excluding carboxylic acids is 1. The molecule has 0 aliphatic carbocycles. The standard InChI is InChI=1S/C19H21Cl2N5O/c1-3-4-6-11(2)23-18(27)12-9-15-17(22-10-12)26-19(24-15)25-16-13(20)7-5-8-14(16)21/h5,7-11H,3-4,6H2,1-2H3,(H,23,27)(H2,22,24,25,26)/t11-/m1/s1. The van der Waals surface area contributed by atoms with E-state index in [1.165, 1.54) is 6.20 Å². The number of anilines is 2. The molecule has 6 nitrogen and oxygen atoms in total. The highest BCUT2D eigenvalue weighted by Gasteiger charge is 2.14. The van der Waals surface area contributed by atoms with Gasteiger partial charge in [0.25, 0.3) is 5.91 Å². The molecular weight excluding hydrogens is 385 g/mol. The molecule has 0 bridgehead atoms. The molecule has 3 rings (SSSR count). The zero-order valence-corrected chi connectivity index (χ0v) is 16.7. The van der Waals surface area contributed by atoms with Gasteiger partial charge in [0.1, 0.15) is 5.52 Å². The van der Waals surface area contributed by atoms with Gasteiger partial charge in [0.2, 0.25) is 5.95 Å². The number of hydrogen-bond donors (Lipinski definition) is 3. The number of rotatable bonds is 7. The van der Waals surface area contributed by atoms with Crippen LogP contribution in [0.5, 0.6) is 0 Å². The Morgan fingerprint density at radius 1 is 1.30 bits per heavy atom. The number of amides is 1. The van der Waals surface area contributed by atoms with E-state index in [0.29, 0.717) is 38.4 Å². The minimum atomic E-state index is -0.153. The maximum Gasteiger partial charge on any atom is 0.253 e. The maximum absolute atomic E-state index is 12.4. The summed E-state index contributed by atoms with van der Waals surface area (Å²) in [6.07, 6.45) is 4.67. The van der Waals surface area contributed by atoms with Crippen LogP contribution in [0, 0.1) is 0 Å². The number of imidazole rings is 1. The first-order chi connectivity index (χ1) is 13.0. The monoisotopic (exact) mass is 405 g/mol. The van der Waals surface area contributed by atoms with Crippen molar-refractivity contribution in [1.82, 2.24) is 20.3 Å². The fourth-order valence-electron chi connectivity index (χ4n) is 2.70. The van der Waals surface area contributed by atoms with Crippen molar-refractivity contribution in [3.63, 3.8) is 0 Å². The lowest BCUT2D eigenvalue weighted by molar-refractivity contribution is 0.0938. The summed E-state index contributed by atoms with van der Waals surface area (Å²) in [7, 11) is 0. The second-order valence-corrected chi connectivity index (χ2v) is 7.23. The molecule has 0 aliphatic heterocycles. The number of nitrogens with zero attached hydrogens (tertiary/aromatic N) is 2. The molecule has 2 heterocycles. The lowest BCUT2D eigenvalue weighted by Gasteiger charge is -2.13. The normalized spacial score (nSPS) is 12.1. The second kappa shape index (κ2) is 8.59. The molecule has 0 saturated carbocycles. The van der Waals surface area contributed by atoms with Gasteiger partial charge in [0.05, 0.1) is 21.3 Å². The van der Waals surface area contributed by atoms with Crippen LogP contribution in [0.1, 0.15) is 43.5 Å². The number of halogens is 2. The fraction of sp³-hybridized carbons (Fsp3) is 0.316. The average Bonchev–Trinajstić information content (AvgIpc) is 3.04. The molecule has 0 aliphatic rings. The summed E-state index contributed by atoms with van der Waals surface area (Å²) in [6.45, 7) is 4.13. The van der Waals surface area contributed by atoms with E-state index in [1.54, 1.807) is 24.3 Å². The number of aromatic nitrogens is 3. The quantitative estimate of drug-likeness (QED) is 0.496. The summed E-state index contributed by atoms with van der Waals surface area (Å²) in [5.74, 6) is 0.293.